The fourth-order valence-corrected chi connectivity index (χ4v) is 4.52. The molecule has 0 fully saturated rings. The summed E-state index contributed by atoms with van der Waals surface area (Å²) >= 11 is 1.41. The Morgan fingerprint density at radius 2 is 1.96 bits per heavy atom. The van der Waals surface area contributed by atoms with E-state index in [1.165, 1.54) is 23.8 Å². The Balaban J connectivity index is 2.22. The van der Waals surface area contributed by atoms with E-state index >= 15 is 0 Å². The number of thiophene rings is 1. The topological polar surface area (TPSA) is 81.4 Å². The van der Waals surface area contributed by atoms with Gasteiger partial charge in [-0.25, -0.2) is 0 Å². The number of hydrogen-bond donors (Lipinski definition) is 2. The van der Waals surface area contributed by atoms with Crippen molar-refractivity contribution < 1.29 is 14.3 Å². The van der Waals surface area contributed by atoms with Gasteiger partial charge in [0.2, 0.25) is 5.91 Å². The number of methoxy groups -OCH3 is 1. The molecule has 120 valence electrons. The third kappa shape index (κ3) is 2.49. The van der Waals surface area contributed by atoms with Crippen LogP contribution in [0.2, 0.25) is 0 Å². The normalized spacial score (nSPS) is 12.3. The molecule has 5 nitrogen and oxygen atoms in total. The number of nitrogens with two attached hydrogens (primary N) is 1. The molecule has 1 aliphatic carbocycles. The van der Waals surface area contributed by atoms with Gasteiger partial charge in [-0.1, -0.05) is 0 Å². The lowest BCUT2D eigenvalue weighted by molar-refractivity contribution is -0.114. The average Bonchev–Trinajstić information content (AvgIpc) is 2.85. The molecule has 0 radical (unpaired) electrons. The molecule has 0 atom stereocenters. The SMILES string of the molecule is COc1ccc2c(c1C)CCc1c-2sc(NC(C)=O)c1C(N)=O. The van der Waals surface area contributed by atoms with Crippen molar-refractivity contribution in [3.63, 3.8) is 0 Å². The minimum absolute atomic E-state index is 0.211. The van der Waals surface area contributed by atoms with E-state index in [9.17, 15) is 9.59 Å². The van der Waals surface area contributed by atoms with E-state index in [0.29, 0.717) is 10.6 Å². The number of carbonyl (C=O) groups excluding carboxylic acids is 2. The Morgan fingerprint density at radius 3 is 2.57 bits per heavy atom. The highest BCUT2D eigenvalue weighted by Crippen LogP contribution is 2.46. The standard InChI is InChI=1S/C17H18N2O3S/c1-8-10-4-5-12-14(16(18)21)17(19-9(2)20)23-15(12)11(10)6-7-13(8)22-3/h6-7H,4-5H2,1-3H3,(H2,18,21)(H,19,20). The zero-order chi connectivity index (χ0) is 16.7. The fraction of sp³-hybridized carbons (Fsp3) is 0.294. The number of benzene rings is 1. The fourth-order valence-electron chi connectivity index (χ4n) is 3.17. The van der Waals surface area contributed by atoms with E-state index in [0.717, 1.165) is 40.2 Å². The summed E-state index contributed by atoms with van der Waals surface area (Å²) in [5.74, 6) is 0.151. The Morgan fingerprint density at radius 1 is 1.26 bits per heavy atom. The van der Waals surface area contributed by atoms with Gasteiger partial charge in [-0.05, 0) is 54.2 Å². The zero-order valence-electron chi connectivity index (χ0n) is 13.3. The Kier molecular flexibility index (Phi) is 3.85. The monoisotopic (exact) mass is 330 g/mol. The summed E-state index contributed by atoms with van der Waals surface area (Å²) in [6.07, 6.45) is 1.55. The highest BCUT2D eigenvalue weighted by atomic mass is 32.1. The Labute approximate surface area is 138 Å². The van der Waals surface area contributed by atoms with Gasteiger partial charge in [-0.15, -0.1) is 11.3 Å². The minimum atomic E-state index is -0.500. The van der Waals surface area contributed by atoms with Crippen LogP contribution in [0.3, 0.4) is 0 Å². The predicted octanol–water partition coefficient (Wildman–Crippen LogP) is 2.89. The van der Waals surface area contributed by atoms with E-state index < -0.39 is 5.91 Å². The maximum Gasteiger partial charge on any atom is 0.252 e. The summed E-state index contributed by atoms with van der Waals surface area (Å²) in [4.78, 5) is 24.3. The van der Waals surface area contributed by atoms with Crippen molar-refractivity contribution in [3.05, 3.63) is 34.4 Å². The van der Waals surface area contributed by atoms with Gasteiger partial charge >= 0.3 is 0 Å². The first kappa shape index (κ1) is 15.6. The van der Waals surface area contributed by atoms with E-state index in [1.807, 2.05) is 19.1 Å². The molecular formula is C17H18N2O3S. The number of anilines is 1. The second-order valence-electron chi connectivity index (χ2n) is 5.58. The summed E-state index contributed by atoms with van der Waals surface area (Å²) in [6, 6.07) is 3.95. The average molecular weight is 330 g/mol. The van der Waals surface area contributed by atoms with Crippen LogP contribution in [0.1, 0.15) is 34.0 Å². The first-order valence-electron chi connectivity index (χ1n) is 7.34. The third-order valence-corrected chi connectivity index (χ3v) is 5.36. The maximum absolute atomic E-state index is 11.9. The van der Waals surface area contributed by atoms with Crippen molar-refractivity contribution in [2.24, 2.45) is 5.73 Å². The first-order valence-corrected chi connectivity index (χ1v) is 8.15. The number of hydrogen-bond acceptors (Lipinski definition) is 4. The van der Waals surface area contributed by atoms with Gasteiger partial charge in [-0.3, -0.25) is 9.59 Å². The lowest BCUT2D eigenvalue weighted by Crippen LogP contribution is -2.17. The highest BCUT2D eigenvalue weighted by Gasteiger charge is 2.28. The molecule has 0 spiro atoms. The van der Waals surface area contributed by atoms with Crippen molar-refractivity contribution in [1.82, 2.24) is 0 Å². The van der Waals surface area contributed by atoms with Crippen molar-refractivity contribution in [3.8, 4) is 16.2 Å². The molecule has 1 aliphatic rings. The second-order valence-corrected chi connectivity index (χ2v) is 6.60. The number of carbonyl (C=O) groups is 2. The van der Waals surface area contributed by atoms with Crippen LogP contribution in [0.5, 0.6) is 5.75 Å². The Hall–Kier alpha value is -2.34. The summed E-state index contributed by atoms with van der Waals surface area (Å²) in [5, 5.41) is 3.27. The van der Waals surface area contributed by atoms with Gasteiger partial charge in [0.25, 0.3) is 5.91 Å². The molecule has 6 heteroatoms. The molecular weight excluding hydrogens is 312 g/mol. The molecule has 1 heterocycles. The number of amides is 2. The lowest BCUT2D eigenvalue weighted by atomic mass is 9.86. The van der Waals surface area contributed by atoms with Crippen LogP contribution >= 0.6 is 11.3 Å². The highest BCUT2D eigenvalue weighted by molar-refractivity contribution is 7.20. The van der Waals surface area contributed by atoms with Crippen molar-refractivity contribution in [2.75, 3.05) is 12.4 Å². The molecule has 2 aromatic rings. The van der Waals surface area contributed by atoms with Gasteiger partial charge < -0.3 is 15.8 Å². The van der Waals surface area contributed by atoms with Crippen molar-refractivity contribution in [1.29, 1.82) is 0 Å². The van der Waals surface area contributed by atoms with Crippen LogP contribution < -0.4 is 15.8 Å². The maximum atomic E-state index is 11.9. The second kappa shape index (κ2) is 5.70. The molecule has 0 saturated heterocycles. The number of nitrogens with one attached hydrogen (secondary N) is 1. The van der Waals surface area contributed by atoms with Gasteiger partial charge in [-0.2, -0.15) is 0 Å². The van der Waals surface area contributed by atoms with Crippen LogP contribution in [0.25, 0.3) is 10.4 Å². The summed E-state index contributed by atoms with van der Waals surface area (Å²) in [7, 11) is 1.66. The van der Waals surface area contributed by atoms with Crippen LogP contribution in [0.4, 0.5) is 5.00 Å². The van der Waals surface area contributed by atoms with Crippen molar-refractivity contribution >= 4 is 28.2 Å². The zero-order valence-corrected chi connectivity index (χ0v) is 14.1. The quantitative estimate of drug-likeness (QED) is 0.908. The van der Waals surface area contributed by atoms with Crippen LogP contribution in [-0.2, 0) is 17.6 Å². The molecule has 1 aromatic carbocycles. The van der Waals surface area contributed by atoms with Gasteiger partial charge in [0.05, 0.1) is 12.7 Å². The summed E-state index contributed by atoms with van der Waals surface area (Å²) < 4.78 is 5.39. The molecule has 2 amide bonds. The smallest absolute Gasteiger partial charge is 0.252 e. The lowest BCUT2D eigenvalue weighted by Gasteiger charge is -2.20. The summed E-state index contributed by atoms with van der Waals surface area (Å²) in [6.45, 7) is 3.46. The van der Waals surface area contributed by atoms with E-state index in [2.05, 4.69) is 5.32 Å². The number of rotatable bonds is 3. The summed E-state index contributed by atoms with van der Waals surface area (Å²) in [5.41, 5.74) is 10.4. The molecule has 3 N–H and O–H groups in total. The minimum Gasteiger partial charge on any atom is -0.496 e. The van der Waals surface area contributed by atoms with Crippen LogP contribution in [-0.4, -0.2) is 18.9 Å². The molecule has 1 aromatic heterocycles. The van der Waals surface area contributed by atoms with Gasteiger partial charge in [0.15, 0.2) is 0 Å². The molecule has 0 unspecified atom stereocenters. The predicted molar refractivity (Wildman–Crippen MR) is 91.3 cm³/mol. The van der Waals surface area contributed by atoms with Crippen LogP contribution in [0.15, 0.2) is 12.1 Å². The number of primary amides is 1. The first-order chi connectivity index (χ1) is 10.9. The van der Waals surface area contributed by atoms with Crippen molar-refractivity contribution in [2.45, 2.75) is 26.7 Å². The van der Waals surface area contributed by atoms with Crippen LogP contribution in [0, 0.1) is 6.92 Å². The third-order valence-electron chi connectivity index (χ3n) is 4.18. The number of fused-ring (bicyclic) bond motifs is 3. The molecule has 23 heavy (non-hydrogen) atoms. The van der Waals surface area contributed by atoms with Gasteiger partial charge in [0.1, 0.15) is 10.8 Å². The van der Waals surface area contributed by atoms with E-state index in [-0.39, 0.29) is 5.91 Å². The molecule has 0 bridgehead atoms. The van der Waals surface area contributed by atoms with Gasteiger partial charge in [0, 0.05) is 11.8 Å². The van der Waals surface area contributed by atoms with E-state index in [1.54, 1.807) is 7.11 Å². The Bertz CT molecular complexity index is 824. The molecule has 3 rings (SSSR count). The molecule has 0 aliphatic heterocycles. The number of ether oxygens (including phenoxy) is 1. The van der Waals surface area contributed by atoms with E-state index in [4.69, 9.17) is 10.5 Å². The largest absolute Gasteiger partial charge is 0.496 e. The molecule has 0 saturated carbocycles.